The third-order valence-corrected chi connectivity index (χ3v) is 5.11. The molecule has 1 atom stereocenters. The summed E-state index contributed by atoms with van der Waals surface area (Å²) in [6, 6.07) is 10.5. The Balaban J connectivity index is 1.91. The maximum Gasteiger partial charge on any atom is 0.416 e. The van der Waals surface area contributed by atoms with Crippen molar-refractivity contribution in [3.05, 3.63) is 76.6 Å². The van der Waals surface area contributed by atoms with E-state index in [-0.39, 0.29) is 30.3 Å². The molecule has 32 heavy (non-hydrogen) atoms. The van der Waals surface area contributed by atoms with Crippen molar-refractivity contribution >= 4 is 5.78 Å². The molecular formula is C24H25F3N2O3. The van der Waals surface area contributed by atoms with Gasteiger partial charge in [-0.2, -0.15) is 18.3 Å². The van der Waals surface area contributed by atoms with Crippen LogP contribution in [0.5, 0.6) is 11.5 Å². The van der Waals surface area contributed by atoms with Crippen LogP contribution in [-0.2, 0) is 17.6 Å². The van der Waals surface area contributed by atoms with Gasteiger partial charge in [-0.25, -0.2) is 0 Å². The highest BCUT2D eigenvalue weighted by atomic mass is 19.4. The topological polar surface area (TPSA) is 64.2 Å². The molecule has 8 heteroatoms. The summed E-state index contributed by atoms with van der Waals surface area (Å²) in [4.78, 5) is 11.9. The van der Waals surface area contributed by atoms with Crippen LogP contribution in [-0.4, -0.2) is 22.6 Å². The first kappa shape index (κ1) is 23.4. The molecule has 0 aliphatic heterocycles. The number of nitrogens with one attached hydrogen (secondary N) is 1. The number of nitrogens with zero attached hydrogens (tertiary/aromatic N) is 1. The number of carbonyl (C=O) groups excluding carboxylic acids is 1. The standard InChI is InChI=1S/C24H25F3N2O3/c1-4-31-23-12-17(19(11-15(2)30)20-13-28-29-16(20)3)9-10-22(23)32-14-18-7-5-6-8-21(18)24(25,26)27/h5-10,12-13,19H,4,11,14H2,1-3H3,(H,28,29). The van der Waals surface area contributed by atoms with E-state index in [4.69, 9.17) is 9.47 Å². The largest absolute Gasteiger partial charge is 0.490 e. The number of aromatic amines is 1. The predicted molar refractivity (Wildman–Crippen MR) is 114 cm³/mol. The minimum Gasteiger partial charge on any atom is -0.490 e. The highest BCUT2D eigenvalue weighted by molar-refractivity contribution is 5.77. The van der Waals surface area contributed by atoms with Crippen molar-refractivity contribution in [1.29, 1.82) is 0 Å². The van der Waals surface area contributed by atoms with E-state index in [1.165, 1.54) is 19.1 Å². The van der Waals surface area contributed by atoms with E-state index < -0.39 is 11.7 Å². The van der Waals surface area contributed by atoms with Crippen LogP contribution in [0.4, 0.5) is 13.2 Å². The number of carbonyl (C=O) groups is 1. The van der Waals surface area contributed by atoms with Crippen LogP contribution < -0.4 is 9.47 Å². The average Bonchev–Trinajstić information content (AvgIpc) is 3.16. The number of aromatic nitrogens is 2. The zero-order chi connectivity index (χ0) is 23.3. The molecule has 0 spiro atoms. The van der Waals surface area contributed by atoms with Gasteiger partial charge in [0, 0.05) is 29.2 Å². The molecule has 170 valence electrons. The number of ketones is 1. The summed E-state index contributed by atoms with van der Waals surface area (Å²) in [6.07, 6.45) is -2.48. The minimum absolute atomic E-state index is 0.0256. The van der Waals surface area contributed by atoms with Gasteiger partial charge >= 0.3 is 6.18 Å². The Morgan fingerprint density at radius 3 is 2.50 bits per heavy atom. The van der Waals surface area contributed by atoms with Crippen molar-refractivity contribution in [2.75, 3.05) is 6.61 Å². The molecular weight excluding hydrogens is 421 g/mol. The minimum atomic E-state index is -4.46. The van der Waals surface area contributed by atoms with Crippen molar-refractivity contribution in [2.24, 2.45) is 0 Å². The van der Waals surface area contributed by atoms with Crippen molar-refractivity contribution in [3.63, 3.8) is 0 Å². The number of alkyl halides is 3. The van der Waals surface area contributed by atoms with Gasteiger partial charge in [0.05, 0.1) is 18.4 Å². The fraction of sp³-hybridized carbons (Fsp3) is 0.333. The third kappa shape index (κ3) is 5.49. The Morgan fingerprint density at radius 1 is 1.12 bits per heavy atom. The Morgan fingerprint density at radius 2 is 1.88 bits per heavy atom. The van der Waals surface area contributed by atoms with Gasteiger partial charge in [-0.3, -0.25) is 9.89 Å². The summed E-state index contributed by atoms with van der Waals surface area (Å²) < 4.78 is 51.3. The second-order valence-corrected chi connectivity index (χ2v) is 7.49. The summed E-state index contributed by atoms with van der Waals surface area (Å²) in [5, 5.41) is 6.95. The molecule has 0 amide bonds. The molecule has 3 rings (SSSR count). The van der Waals surface area contributed by atoms with Crippen molar-refractivity contribution in [3.8, 4) is 11.5 Å². The number of ether oxygens (including phenoxy) is 2. The van der Waals surface area contributed by atoms with Gasteiger partial charge in [-0.1, -0.05) is 24.3 Å². The first-order valence-corrected chi connectivity index (χ1v) is 10.2. The maximum atomic E-state index is 13.3. The lowest BCUT2D eigenvalue weighted by Crippen LogP contribution is -2.11. The Bertz CT molecular complexity index is 1080. The van der Waals surface area contributed by atoms with Crippen molar-refractivity contribution in [1.82, 2.24) is 10.2 Å². The first-order chi connectivity index (χ1) is 15.2. The van der Waals surface area contributed by atoms with Gasteiger partial charge in [-0.05, 0) is 44.5 Å². The number of aryl methyl sites for hydroxylation is 1. The molecule has 3 aromatic rings. The first-order valence-electron chi connectivity index (χ1n) is 10.2. The lowest BCUT2D eigenvalue weighted by Gasteiger charge is -2.19. The average molecular weight is 446 g/mol. The van der Waals surface area contributed by atoms with Gasteiger partial charge in [0.15, 0.2) is 11.5 Å². The van der Waals surface area contributed by atoms with Crippen molar-refractivity contribution in [2.45, 2.75) is 45.9 Å². The predicted octanol–water partition coefficient (Wildman–Crippen LogP) is 5.83. The lowest BCUT2D eigenvalue weighted by atomic mass is 9.87. The van der Waals surface area contributed by atoms with E-state index in [2.05, 4.69) is 10.2 Å². The molecule has 1 heterocycles. The summed E-state index contributed by atoms with van der Waals surface area (Å²) in [5.41, 5.74) is 1.89. The van der Waals surface area contributed by atoms with Crippen LogP contribution in [0.3, 0.4) is 0 Å². The zero-order valence-electron chi connectivity index (χ0n) is 18.1. The van der Waals surface area contributed by atoms with Gasteiger partial charge in [0.25, 0.3) is 0 Å². The summed E-state index contributed by atoms with van der Waals surface area (Å²) in [5.74, 6) is 0.533. The Labute approximate surface area is 184 Å². The monoisotopic (exact) mass is 446 g/mol. The highest BCUT2D eigenvalue weighted by Crippen LogP contribution is 2.37. The van der Waals surface area contributed by atoms with Crippen LogP contribution >= 0.6 is 0 Å². The molecule has 0 bridgehead atoms. The van der Waals surface area contributed by atoms with E-state index in [9.17, 15) is 18.0 Å². The number of Topliss-reactive ketones (excluding diaryl/α,β-unsaturated/α-hetero) is 1. The molecule has 1 unspecified atom stereocenters. The molecule has 1 N–H and O–H groups in total. The fourth-order valence-electron chi connectivity index (χ4n) is 3.61. The number of H-pyrrole nitrogens is 1. The van der Waals surface area contributed by atoms with Gasteiger partial charge in [-0.15, -0.1) is 0 Å². The molecule has 5 nitrogen and oxygen atoms in total. The molecule has 1 aromatic heterocycles. The summed E-state index contributed by atoms with van der Waals surface area (Å²) >= 11 is 0. The maximum absolute atomic E-state index is 13.3. The molecule has 0 radical (unpaired) electrons. The van der Waals surface area contributed by atoms with Crippen molar-refractivity contribution < 1.29 is 27.4 Å². The quantitative estimate of drug-likeness (QED) is 0.450. The van der Waals surface area contributed by atoms with Crippen LogP contribution in [0.2, 0.25) is 0 Å². The number of hydrogen-bond donors (Lipinski definition) is 1. The van der Waals surface area contributed by atoms with Gasteiger partial charge in [0.2, 0.25) is 0 Å². The highest BCUT2D eigenvalue weighted by Gasteiger charge is 2.33. The fourth-order valence-corrected chi connectivity index (χ4v) is 3.61. The normalized spacial score (nSPS) is 12.4. The summed E-state index contributed by atoms with van der Waals surface area (Å²) in [7, 11) is 0. The van der Waals surface area contributed by atoms with Gasteiger partial charge in [0.1, 0.15) is 12.4 Å². The Hall–Kier alpha value is -3.29. The van der Waals surface area contributed by atoms with E-state index >= 15 is 0 Å². The van der Waals surface area contributed by atoms with Crippen LogP contribution in [0.25, 0.3) is 0 Å². The SMILES string of the molecule is CCOc1cc(C(CC(C)=O)c2cn[nH]c2C)ccc1OCc1ccccc1C(F)(F)F. The van der Waals surface area contributed by atoms with Crippen LogP contribution in [0.15, 0.2) is 48.7 Å². The van der Waals surface area contributed by atoms with E-state index in [0.29, 0.717) is 18.1 Å². The second kappa shape index (κ2) is 9.89. The summed E-state index contributed by atoms with van der Waals surface area (Å²) in [6.45, 7) is 5.31. The molecule has 0 aliphatic carbocycles. The second-order valence-electron chi connectivity index (χ2n) is 7.49. The number of halogens is 3. The van der Waals surface area contributed by atoms with Crippen LogP contribution in [0.1, 0.15) is 54.1 Å². The van der Waals surface area contributed by atoms with Gasteiger partial charge < -0.3 is 9.47 Å². The van der Waals surface area contributed by atoms with E-state index in [0.717, 1.165) is 22.9 Å². The lowest BCUT2D eigenvalue weighted by molar-refractivity contribution is -0.138. The molecule has 0 aliphatic rings. The van der Waals surface area contributed by atoms with E-state index in [1.807, 2.05) is 13.8 Å². The molecule has 0 saturated carbocycles. The molecule has 0 fully saturated rings. The number of hydrogen-bond acceptors (Lipinski definition) is 4. The van der Waals surface area contributed by atoms with Crippen LogP contribution in [0, 0.1) is 6.92 Å². The van der Waals surface area contributed by atoms with E-state index in [1.54, 1.807) is 30.5 Å². The number of rotatable bonds is 9. The molecule has 0 saturated heterocycles. The Kier molecular flexibility index (Phi) is 7.22. The third-order valence-electron chi connectivity index (χ3n) is 5.11. The molecule has 2 aromatic carbocycles. The number of benzene rings is 2. The zero-order valence-corrected chi connectivity index (χ0v) is 18.1. The smallest absolute Gasteiger partial charge is 0.416 e.